The first-order chi connectivity index (χ1) is 5.38. The van der Waals surface area contributed by atoms with Crippen molar-refractivity contribution in [1.29, 1.82) is 5.26 Å². The van der Waals surface area contributed by atoms with Crippen LogP contribution in [0, 0.1) is 11.3 Å². The van der Waals surface area contributed by atoms with Gasteiger partial charge in [0, 0.05) is 13.1 Å². The summed E-state index contributed by atoms with van der Waals surface area (Å²) in [5, 5.41) is 8.51. The summed E-state index contributed by atoms with van der Waals surface area (Å²) in [7, 11) is 0. The second-order valence-electron chi connectivity index (χ2n) is 2.36. The number of nitrogens with zero attached hydrogens (tertiary/aromatic N) is 2. The Labute approximate surface area is 65.4 Å². The van der Waals surface area contributed by atoms with Crippen molar-refractivity contribution in [1.82, 2.24) is 4.90 Å². The smallest absolute Gasteiger partial charge is 0.154 e. The first-order valence-electron chi connectivity index (χ1n) is 3.55. The zero-order valence-electron chi connectivity index (χ0n) is 6.19. The minimum Gasteiger partial charge on any atom is -0.379 e. The number of carbonyl (C=O) groups is 1. The van der Waals surface area contributed by atoms with Crippen LogP contribution in [0.4, 0.5) is 0 Å². The van der Waals surface area contributed by atoms with Gasteiger partial charge in [-0.15, -0.1) is 0 Å². The van der Waals surface area contributed by atoms with Crippen molar-refractivity contribution in [3.8, 4) is 6.07 Å². The number of ether oxygens (including phenoxy) is 1. The maximum atomic E-state index is 10.3. The monoisotopic (exact) mass is 154 g/mol. The van der Waals surface area contributed by atoms with E-state index in [1.165, 1.54) is 0 Å². The Morgan fingerprint density at radius 2 is 2.18 bits per heavy atom. The molecule has 4 heteroatoms. The molecule has 1 saturated heterocycles. The Morgan fingerprint density at radius 3 is 2.64 bits per heavy atom. The van der Waals surface area contributed by atoms with Crippen molar-refractivity contribution in [3.63, 3.8) is 0 Å². The average molecular weight is 154 g/mol. The standard InChI is InChI=1S/C7H10N2O2/c8-5-7(6-10)9-1-3-11-4-2-9/h6-7H,1-4H2. The lowest BCUT2D eigenvalue weighted by Crippen LogP contribution is -2.43. The third kappa shape index (κ3) is 2.00. The summed E-state index contributed by atoms with van der Waals surface area (Å²) in [6.45, 7) is 2.59. The van der Waals surface area contributed by atoms with Crippen LogP contribution in [0.1, 0.15) is 0 Å². The molecule has 1 fully saturated rings. The molecule has 0 aromatic rings. The molecule has 0 saturated carbocycles. The van der Waals surface area contributed by atoms with Crippen LogP contribution in [0.15, 0.2) is 0 Å². The molecule has 0 radical (unpaired) electrons. The maximum Gasteiger partial charge on any atom is 0.154 e. The quantitative estimate of drug-likeness (QED) is 0.499. The van der Waals surface area contributed by atoms with E-state index in [4.69, 9.17) is 10.00 Å². The second kappa shape index (κ2) is 4.06. The lowest BCUT2D eigenvalue weighted by molar-refractivity contribution is -0.112. The molecule has 1 aliphatic rings. The molecule has 1 rings (SSSR count). The van der Waals surface area contributed by atoms with Gasteiger partial charge in [-0.25, -0.2) is 0 Å². The molecule has 11 heavy (non-hydrogen) atoms. The molecule has 4 nitrogen and oxygen atoms in total. The van der Waals surface area contributed by atoms with E-state index >= 15 is 0 Å². The zero-order valence-corrected chi connectivity index (χ0v) is 6.19. The predicted molar refractivity (Wildman–Crippen MR) is 37.9 cm³/mol. The Morgan fingerprint density at radius 1 is 1.55 bits per heavy atom. The summed E-state index contributed by atoms with van der Waals surface area (Å²) in [6, 6.07) is 1.34. The molecule has 0 aliphatic carbocycles. The molecule has 0 spiro atoms. The Kier molecular flexibility index (Phi) is 3.02. The van der Waals surface area contributed by atoms with Crippen molar-refractivity contribution in [2.75, 3.05) is 26.3 Å². The highest BCUT2D eigenvalue weighted by atomic mass is 16.5. The highest BCUT2D eigenvalue weighted by Crippen LogP contribution is 2.00. The average Bonchev–Trinajstić information content (AvgIpc) is 2.09. The van der Waals surface area contributed by atoms with Gasteiger partial charge in [-0.1, -0.05) is 0 Å². The van der Waals surface area contributed by atoms with Crippen molar-refractivity contribution in [2.45, 2.75) is 6.04 Å². The Bertz CT molecular complexity index is 170. The fourth-order valence-electron chi connectivity index (χ4n) is 1.05. The van der Waals surface area contributed by atoms with Gasteiger partial charge in [-0.2, -0.15) is 5.26 Å². The van der Waals surface area contributed by atoms with Crippen LogP contribution in [-0.4, -0.2) is 43.5 Å². The van der Waals surface area contributed by atoms with E-state index in [9.17, 15) is 4.79 Å². The molecular formula is C7H10N2O2. The van der Waals surface area contributed by atoms with E-state index in [0.717, 1.165) is 0 Å². The first-order valence-corrected chi connectivity index (χ1v) is 3.55. The third-order valence-electron chi connectivity index (χ3n) is 1.70. The molecule has 1 heterocycles. The minimum absolute atomic E-state index is 0.584. The topological polar surface area (TPSA) is 53.3 Å². The van der Waals surface area contributed by atoms with Gasteiger partial charge >= 0.3 is 0 Å². The molecule has 0 bridgehead atoms. The van der Waals surface area contributed by atoms with Gasteiger partial charge in [0.1, 0.15) is 0 Å². The van der Waals surface area contributed by atoms with Gasteiger partial charge in [-0.05, 0) is 0 Å². The maximum absolute atomic E-state index is 10.3. The number of rotatable bonds is 2. The summed E-state index contributed by atoms with van der Waals surface area (Å²) in [5.74, 6) is 0. The Hall–Kier alpha value is -0.920. The van der Waals surface area contributed by atoms with Crippen molar-refractivity contribution < 1.29 is 9.53 Å². The lowest BCUT2D eigenvalue weighted by atomic mass is 10.3. The van der Waals surface area contributed by atoms with E-state index < -0.39 is 6.04 Å². The molecular weight excluding hydrogens is 144 g/mol. The van der Waals surface area contributed by atoms with E-state index in [-0.39, 0.29) is 0 Å². The normalized spacial score (nSPS) is 22.1. The summed E-state index contributed by atoms with van der Waals surface area (Å²) >= 11 is 0. The first kappa shape index (κ1) is 8.18. The van der Waals surface area contributed by atoms with Crippen LogP contribution in [0.5, 0.6) is 0 Å². The highest BCUT2D eigenvalue weighted by molar-refractivity contribution is 5.61. The predicted octanol–water partition coefficient (Wildman–Crippen LogP) is -0.590. The number of morpholine rings is 1. The molecule has 0 N–H and O–H groups in total. The van der Waals surface area contributed by atoms with Crippen molar-refractivity contribution >= 4 is 6.29 Å². The van der Waals surface area contributed by atoms with Crippen molar-refractivity contribution in [3.05, 3.63) is 0 Å². The number of carbonyl (C=O) groups excluding carboxylic acids is 1. The number of hydrogen-bond acceptors (Lipinski definition) is 4. The largest absolute Gasteiger partial charge is 0.379 e. The van der Waals surface area contributed by atoms with E-state index in [0.29, 0.717) is 32.6 Å². The van der Waals surface area contributed by atoms with Gasteiger partial charge in [0.25, 0.3) is 0 Å². The summed E-state index contributed by atoms with van der Waals surface area (Å²) in [6.07, 6.45) is 0.672. The van der Waals surface area contributed by atoms with Gasteiger partial charge in [0.15, 0.2) is 12.3 Å². The second-order valence-corrected chi connectivity index (χ2v) is 2.36. The van der Waals surface area contributed by atoms with Crippen LogP contribution in [0.3, 0.4) is 0 Å². The SMILES string of the molecule is N#CC(C=O)N1CCOCC1. The van der Waals surface area contributed by atoms with Gasteiger partial charge in [-0.3, -0.25) is 4.90 Å². The molecule has 60 valence electrons. The summed E-state index contributed by atoms with van der Waals surface area (Å²) in [4.78, 5) is 12.1. The summed E-state index contributed by atoms with van der Waals surface area (Å²) < 4.78 is 5.07. The number of nitriles is 1. The molecule has 1 aliphatic heterocycles. The van der Waals surface area contributed by atoms with Crippen LogP contribution >= 0.6 is 0 Å². The summed E-state index contributed by atoms with van der Waals surface area (Å²) in [5.41, 5.74) is 0. The van der Waals surface area contributed by atoms with E-state index in [2.05, 4.69) is 0 Å². The van der Waals surface area contributed by atoms with Crippen LogP contribution < -0.4 is 0 Å². The third-order valence-corrected chi connectivity index (χ3v) is 1.70. The lowest BCUT2D eigenvalue weighted by Gasteiger charge is -2.27. The van der Waals surface area contributed by atoms with Gasteiger partial charge in [0.05, 0.1) is 19.3 Å². The molecule has 0 aromatic carbocycles. The van der Waals surface area contributed by atoms with Crippen LogP contribution in [0.2, 0.25) is 0 Å². The minimum atomic E-state index is -0.584. The van der Waals surface area contributed by atoms with Crippen LogP contribution in [0.25, 0.3) is 0 Å². The molecule has 1 unspecified atom stereocenters. The van der Waals surface area contributed by atoms with Crippen molar-refractivity contribution in [2.24, 2.45) is 0 Å². The molecule has 0 aromatic heterocycles. The van der Waals surface area contributed by atoms with Gasteiger partial charge < -0.3 is 9.53 Å². The Balaban J connectivity index is 2.44. The number of hydrogen-bond donors (Lipinski definition) is 0. The number of aldehydes is 1. The van der Waals surface area contributed by atoms with Gasteiger partial charge in [0.2, 0.25) is 0 Å². The van der Waals surface area contributed by atoms with E-state index in [1.807, 2.05) is 11.0 Å². The molecule has 1 atom stereocenters. The molecule has 0 amide bonds. The zero-order chi connectivity index (χ0) is 8.10. The highest BCUT2D eigenvalue weighted by Gasteiger charge is 2.18. The van der Waals surface area contributed by atoms with Crippen LogP contribution in [-0.2, 0) is 9.53 Å². The fourth-order valence-corrected chi connectivity index (χ4v) is 1.05. The fraction of sp³-hybridized carbons (Fsp3) is 0.714. The van der Waals surface area contributed by atoms with E-state index in [1.54, 1.807) is 0 Å².